The molecule has 0 aliphatic rings. The Morgan fingerprint density at radius 1 is 0.974 bits per heavy atom. The highest BCUT2D eigenvalue weighted by atomic mass is 19.4. The summed E-state index contributed by atoms with van der Waals surface area (Å²) in [6, 6.07) is 24.8. The van der Waals surface area contributed by atoms with Crippen LogP contribution in [0.3, 0.4) is 0 Å². The Balaban J connectivity index is 1.54. The van der Waals surface area contributed by atoms with E-state index in [4.69, 9.17) is 4.42 Å². The van der Waals surface area contributed by atoms with Gasteiger partial charge in [-0.05, 0) is 47.9 Å². The highest BCUT2D eigenvalue weighted by molar-refractivity contribution is 5.86. The molecule has 38 heavy (non-hydrogen) atoms. The number of aromatic nitrogens is 1. The molecule has 4 nitrogen and oxygen atoms in total. The van der Waals surface area contributed by atoms with E-state index in [1.807, 2.05) is 37.4 Å². The van der Waals surface area contributed by atoms with Crippen molar-refractivity contribution in [3.63, 3.8) is 0 Å². The van der Waals surface area contributed by atoms with Crippen LogP contribution in [0, 0.1) is 6.92 Å². The van der Waals surface area contributed by atoms with E-state index >= 15 is 0 Å². The molecule has 194 valence electrons. The third kappa shape index (κ3) is 5.67. The highest BCUT2D eigenvalue weighted by Crippen LogP contribution is 2.38. The molecule has 0 spiro atoms. The molecular weight excluding hydrogens is 489 g/mol. The maximum absolute atomic E-state index is 13.6. The molecule has 0 radical (unpaired) electrons. The first-order chi connectivity index (χ1) is 18.3. The molecule has 1 amide bonds. The first kappa shape index (κ1) is 25.4. The molecule has 3 aromatic carbocycles. The summed E-state index contributed by atoms with van der Waals surface area (Å²) in [4.78, 5) is 13.1. The number of rotatable bonds is 8. The molecule has 2 heterocycles. The van der Waals surface area contributed by atoms with Crippen LogP contribution in [-0.4, -0.2) is 10.5 Å². The molecule has 0 aliphatic carbocycles. The van der Waals surface area contributed by atoms with Crippen molar-refractivity contribution in [2.75, 3.05) is 0 Å². The van der Waals surface area contributed by atoms with Crippen molar-refractivity contribution in [2.45, 2.75) is 38.5 Å². The van der Waals surface area contributed by atoms with Gasteiger partial charge in [-0.2, -0.15) is 13.2 Å². The van der Waals surface area contributed by atoms with Crippen molar-refractivity contribution >= 4 is 16.8 Å². The summed E-state index contributed by atoms with van der Waals surface area (Å²) in [7, 11) is 0. The number of nitrogens with zero attached hydrogens (tertiary/aromatic N) is 1. The zero-order chi connectivity index (χ0) is 26.7. The van der Waals surface area contributed by atoms with Gasteiger partial charge in [0, 0.05) is 36.0 Å². The van der Waals surface area contributed by atoms with Crippen LogP contribution in [0.15, 0.2) is 102 Å². The van der Waals surface area contributed by atoms with Gasteiger partial charge in [-0.25, -0.2) is 0 Å². The van der Waals surface area contributed by atoms with Crippen molar-refractivity contribution in [1.82, 2.24) is 9.88 Å². The van der Waals surface area contributed by atoms with E-state index in [2.05, 4.69) is 34.1 Å². The van der Waals surface area contributed by atoms with Gasteiger partial charge in [0.05, 0.1) is 18.4 Å². The quantitative estimate of drug-likeness (QED) is 0.233. The van der Waals surface area contributed by atoms with Gasteiger partial charge < -0.3 is 14.3 Å². The Morgan fingerprint density at radius 3 is 2.50 bits per heavy atom. The minimum absolute atomic E-state index is 0.0133. The van der Waals surface area contributed by atoms with Crippen LogP contribution < -0.4 is 5.32 Å². The fourth-order valence-corrected chi connectivity index (χ4v) is 4.77. The van der Waals surface area contributed by atoms with Crippen LogP contribution >= 0.6 is 0 Å². The molecule has 1 N–H and O–H groups in total. The van der Waals surface area contributed by atoms with Gasteiger partial charge in [-0.1, -0.05) is 66.2 Å². The molecule has 1 atom stereocenters. The van der Waals surface area contributed by atoms with E-state index in [1.165, 1.54) is 12.3 Å². The molecule has 2 aromatic heterocycles. The smallest absolute Gasteiger partial charge is 0.416 e. The first-order valence-corrected chi connectivity index (χ1v) is 12.4. The molecule has 0 bridgehead atoms. The summed E-state index contributed by atoms with van der Waals surface area (Å²) >= 11 is 0. The maximum Gasteiger partial charge on any atom is 0.416 e. The Morgan fingerprint density at radius 2 is 1.76 bits per heavy atom. The first-order valence-electron chi connectivity index (χ1n) is 12.4. The van der Waals surface area contributed by atoms with Crippen molar-refractivity contribution in [3.05, 3.63) is 131 Å². The van der Waals surface area contributed by atoms with Crippen molar-refractivity contribution in [2.24, 2.45) is 0 Å². The molecular formula is C31H27F3N2O2. The number of fused-ring (bicyclic) bond motifs is 1. The van der Waals surface area contributed by atoms with Gasteiger partial charge in [-0.3, -0.25) is 4.79 Å². The molecule has 0 saturated carbocycles. The monoisotopic (exact) mass is 516 g/mol. The Bertz CT molecular complexity index is 1530. The van der Waals surface area contributed by atoms with E-state index in [-0.39, 0.29) is 18.9 Å². The lowest BCUT2D eigenvalue weighted by Crippen LogP contribution is -2.25. The molecule has 7 heteroatoms. The number of amides is 1. The summed E-state index contributed by atoms with van der Waals surface area (Å²) in [5.74, 6) is -0.263. The van der Waals surface area contributed by atoms with Gasteiger partial charge >= 0.3 is 6.18 Å². The zero-order valence-corrected chi connectivity index (χ0v) is 20.8. The van der Waals surface area contributed by atoms with E-state index in [9.17, 15) is 18.0 Å². The number of hydrogen-bond acceptors (Lipinski definition) is 2. The average molecular weight is 517 g/mol. The van der Waals surface area contributed by atoms with Gasteiger partial charge in [0.1, 0.15) is 5.76 Å². The van der Waals surface area contributed by atoms with Gasteiger partial charge in [0.15, 0.2) is 0 Å². The Kier molecular flexibility index (Phi) is 7.09. The second-order valence-corrected chi connectivity index (χ2v) is 9.45. The summed E-state index contributed by atoms with van der Waals surface area (Å²) < 4.78 is 48.2. The SMILES string of the molecule is Cc1ccc(Cn2cc([C@H](CC(=O)NCc3ccco3)c3cccc(C(F)(F)F)c3)c3ccccc32)cc1. The lowest BCUT2D eigenvalue weighted by Gasteiger charge is -2.19. The number of halogens is 3. The van der Waals surface area contributed by atoms with E-state index in [0.29, 0.717) is 17.9 Å². The number of aryl methyl sites for hydroxylation is 1. The van der Waals surface area contributed by atoms with Crippen LogP contribution in [0.4, 0.5) is 13.2 Å². The second kappa shape index (κ2) is 10.6. The van der Waals surface area contributed by atoms with Crippen molar-refractivity contribution in [3.8, 4) is 0 Å². The summed E-state index contributed by atoms with van der Waals surface area (Å²) in [5.41, 5.74) is 3.73. The number of carbonyl (C=O) groups is 1. The lowest BCUT2D eigenvalue weighted by molar-refractivity contribution is -0.137. The van der Waals surface area contributed by atoms with Crippen LogP contribution in [-0.2, 0) is 24.1 Å². The van der Waals surface area contributed by atoms with Gasteiger partial charge in [-0.15, -0.1) is 0 Å². The average Bonchev–Trinajstić information content (AvgIpc) is 3.55. The van der Waals surface area contributed by atoms with Crippen LogP contribution in [0.1, 0.15) is 45.9 Å². The predicted molar refractivity (Wildman–Crippen MR) is 141 cm³/mol. The number of para-hydroxylation sites is 1. The fraction of sp³-hybridized carbons (Fsp3) is 0.194. The van der Waals surface area contributed by atoms with Crippen LogP contribution in [0.5, 0.6) is 0 Å². The van der Waals surface area contributed by atoms with E-state index < -0.39 is 17.7 Å². The third-order valence-electron chi connectivity index (χ3n) is 6.71. The minimum atomic E-state index is -4.48. The standard InChI is InChI=1S/C31H27F3N2O2/c1-21-11-13-22(14-12-21)19-36-20-28(26-9-2-3-10-29(26)36)27(17-30(37)35-18-25-8-5-15-38-25)23-6-4-7-24(16-23)31(32,33)34/h2-16,20,27H,17-19H2,1H3,(H,35,37)/t27-/m1/s1. The zero-order valence-electron chi connectivity index (χ0n) is 20.8. The maximum atomic E-state index is 13.6. The fourth-order valence-electron chi connectivity index (χ4n) is 4.77. The number of alkyl halides is 3. The summed E-state index contributed by atoms with van der Waals surface area (Å²) in [5, 5.41) is 3.74. The number of nitrogens with one attached hydrogen (secondary N) is 1. The predicted octanol–water partition coefficient (Wildman–Crippen LogP) is 7.45. The molecule has 0 unspecified atom stereocenters. The number of hydrogen-bond donors (Lipinski definition) is 1. The molecule has 5 aromatic rings. The Labute approximate surface area is 218 Å². The number of benzene rings is 3. The molecule has 0 aliphatic heterocycles. The van der Waals surface area contributed by atoms with Crippen LogP contribution in [0.25, 0.3) is 10.9 Å². The number of carbonyl (C=O) groups excluding carboxylic acids is 1. The second-order valence-electron chi connectivity index (χ2n) is 9.45. The van der Waals surface area contributed by atoms with Crippen molar-refractivity contribution < 1.29 is 22.4 Å². The largest absolute Gasteiger partial charge is 0.467 e. The minimum Gasteiger partial charge on any atom is -0.467 e. The Hall–Kier alpha value is -4.26. The summed E-state index contributed by atoms with van der Waals surface area (Å²) in [6.45, 7) is 2.83. The van der Waals surface area contributed by atoms with E-state index in [0.717, 1.165) is 39.7 Å². The molecule has 0 saturated heterocycles. The van der Waals surface area contributed by atoms with Crippen LogP contribution in [0.2, 0.25) is 0 Å². The van der Waals surface area contributed by atoms with Gasteiger partial charge in [0.25, 0.3) is 0 Å². The topological polar surface area (TPSA) is 47.2 Å². The third-order valence-corrected chi connectivity index (χ3v) is 6.71. The number of furan rings is 1. The van der Waals surface area contributed by atoms with Gasteiger partial charge in [0.2, 0.25) is 5.91 Å². The summed E-state index contributed by atoms with van der Waals surface area (Å²) in [6.07, 6.45) is -1.01. The van der Waals surface area contributed by atoms with E-state index in [1.54, 1.807) is 18.2 Å². The normalized spacial score (nSPS) is 12.5. The lowest BCUT2D eigenvalue weighted by atomic mass is 9.87. The van der Waals surface area contributed by atoms with Crippen molar-refractivity contribution in [1.29, 1.82) is 0 Å². The molecule has 0 fully saturated rings. The highest BCUT2D eigenvalue weighted by Gasteiger charge is 2.32. The molecule has 5 rings (SSSR count).